The molecule has 0 aliphatic heterocycles. The number of carboxylic acids is 1. The highest BCUT2D eigenvalue weighted by atomic mass is 35.5. The first kappa shape index (κ1) is 18.3. The molecule has 2 N–H and O–H groups in total. The van der Waals surface area contributed by atoms with Gasteiger partial charge in [0.2, 0.25) is 0 Å². The molecule has 1 amide bonds. The molecule has 0 aliphatic rings. The smallest absolute Gasteiger partial charge is 0.407 e. The van der Waals surface area contributed by atoms with Gasteiger partial charge in [0.05, 0.1) is 6.42 Å². The fourth-order valence-electron chi connectivity index (χ4n) is 2.03. The van der Waals surface area contributed by atoms with Gasteiger partial charge in [-0.15, -0.1) is 0 Å². The third-order valence-electron chi connectivity index (χ3n) is 3.10. The quantitative estimate of drug-likeness (QED) is 0.866. The van der Waals surface area contributed by atoms with Crippen molar-refractivity contribution in [2.45, 2.75) is 45.1 Å². The molecule has 22 heavy (non-hydrogen) atoms. The molecule has 0 spiro atoms. The molecule has 0 heterocycles. The molecule has 0 saturated heterocycles. The van der Waals surface area contributed by atoms with Gasteiger partial charge in [0.25, 0.3) is 0 Å². The highest BCUT2D eigenvalue weighted by molar-refractivity contribution is 6.30. The van der Waals surface area contributed by atoms with Crippen molar-refractivity contribution in [3.63, 3.8) is 0 Å². The van der Waals surface area contributed by atoms with Gasteiger partial charge in [-0.25, -0.2) is 4.79 Å². The number of hydrogen-bond acceptors (Lipinski definition) is 3. The minimum absolute atomic E-state index is 0.121. The van der Waals surface area contributed by atoms with Crippen LogP contribution in [-0.2, 0) is 14.9 Å². The number of aliphatic carboxylic acids is 1. The Balaban J connectivity index is 2.86. The maximum Gasteiger partial charge on any atom is 0.407 e. The van der Waals surface area contributed by atoms with Gasteiger partial charge in [0, 0.05) is 17.0 Å². The van der Waals surface area contributed by atoms with E-state index >= 15 is 0 Å². The fraction of sp³-hybridized carbons (Fsp3) is 0.500. The molecule has 122 valence electrons. The van der Waals surface area contributed by atoms with Gasteiger partial charge in [-0.3, -0.25) is 4.79 Å². The molecule has 5 nitrogen and oxygen atoms in total. The first-order valence-electron chi connectivity index (χ1n) is 6.96. The molecular formula is C16H22ClNO4. The molecule has 0 radical (unpaired) electrons. The van der Waals surface area contributed by atoms with Crippen LogP contribution in [0.1, 0.15) is 39.7 Å². The summed E-state index contributed by atoms with van der Waals surface area (Å²) in [7, 11) is 0. The van der Waals surface area contributed by atoms with Crippen LogP contribution in [0.3, 0.4) is 0 Å². The average Bonchev–Trinajstić information content (AvgIpc) is 2.34. The molecule has 1 aromatic rings. The fourth-order valence-corrected chi connectivity index (χ4v) is 2.16. The lowest BCUT2D eigenvalue weighted by Gasteiger charge is -2.29. The molecule has 1 aromatic carbocycles. The van der Waals surface area contributed by atoms with Crippen LogP contribution < -0.4 is 5.32 Å². The number of nitrogens with one attached hydrogen (secondary N) is 1. The third kappa shape index (κ3) is 5.93. The molecule has 1 atom stereocenters. The number of carbonyl (C=O) groups excluding carboxylic acids is 1. The van der Waals surface area contributed by atoms with Gasteiger partial charge >= 0.3 is 12.1 Å². The number of rotatable bonds is 5. The molecule has 1 unspecified atom stereocenters. The van der Waals surface area contributed by atoms with E-state index in [2.05, 4.69) is 5.32 Å². The molecule has 0 aliphatic carbocycles. The van der Waals surface area contributed by atoms with E-state index in [1.54, 1.807) is 52.0 Å². The summed E-state index contributed by atoms with van der Waals surface area (Å²) in [6.45, 7) is 7.23. The summed E-state index contributed by atoms with van der Waals surface area (Å²) >= 11 is 5.86. The lowest BCUT2D eigenvalue weighted by atomic mass is 9.79. The maximum absolute atomic E-state index is 11.8. The van der Waals surface area contributed by atoms with Crippen molar-refractivity contribution in [2.75, 3.05) is 6.54 Å². The Hall–Kier alpha value is -1.75. The van der Waals surface area contributed by atoms with Crippen molar-refractivity contribution in [3.8, 4) is 0 Å². The van der Waals surface area contributed by atoms with E-state index in [1.807, 2.05) is 0 Å². The molecule has 0 saturated carbocycles. The summed E-state index contributed by atoms with van der Waals surface area (Å²) in [5.41, 5.74) is -0.573. The van der Waals surface area contributed by atoms with Crippen LogP contribution in [0.5, 0.6) is 0 Å². The van der Waals surface area contributed by atoms with Crippen LogP contribution in [0.15, 0.2) is 24.3 Å². The Morgan fingerprint density at radius 2 is 1.73 bits per heavy atom. The van der Waals surface area contributed by atoms with Crippen LogP contribution in [-0.4, -0.2) is 29.3 Å². The number of amides is 1. The summed E-state index contributed by atoms with van der Waals surface area (Å²) < 4.78 is 5.17. The molecule has 0 fully saturated rings. The Labute approximate surface area is 135 Å². The topological polar surface area (TPSA) is 75.6 Å². The second-order valence-corrected chi connectivity index (χ2v) is 6.93. The van der Waals surface area contributed by atoms with Gasteiger partial charge in [-0.1, -0.05) is 30.7 Å². The van der Waals surface area contributed by atoms with Gasteiger partial charge in [-0.2, -0.15) is 0 Å². The Morgan fingerprint density at radius 3 is 2.18 bits per heavy atom. The number of hydrogen-bond donors (Lipinski definition) is 2. The van der Waals surface area contributed by atoms with E-state index in [9.17, 15) is 9.59 Å². The van der Waals surface area contributed by atoms with Crippen LogP contribution in [0.2, 0.25) is 5.02 Å². The largest absolute Gasteiger partial charge is 0.481 e. The summed E-state index contributed by atoms with van der Waals surface area (Å²) in [6.07, 6.45) is -0.692. The van der Waals surface area contributed by atoms with Crippen molar-refractivity contribution >= 4 is 23.7 Å². The van der Waals surface area contributed by atoms with E-state index < -0.39 is 23.1 Å². The summed E-state index contributed by atoms with van der Waals surface area (Å²) in [6, 6.07) is 6.93. The Bertz CT molecular complexity index is 536. The molecule has 0 aromatic heterocycles. The lowest BCUT2D eigenvalue weighted by Crippen LogP contribution is -2.42. The number of benzene rings is 1. The summed E-state index contributed by atoms with van der Waals surface area (Å²) in [4.78, 5) is 22.9. The number of carbonyl (C=O) groups is 2. The zero-order chi connectivity index (χ0) is 17.0. The SMILES string of the molecule is CC(C)(C)OC(=O)NCC(C)(CC(=O)O)c1ccc(Cl)cc1. The van der Waals surface area contributed by atoms with Gasteiger partial charge in [0.15, 0.2) is 0 Å². The van der Waals surface area contributed by atoms with Gasteiger partial charge in [-0.05, 0) is 38.5 Å². The van der Waals surface area contributed by atoms with Crippen molar-refractivity contribution in [1.82, 2.24) is 5.32 Å². The summed E-state index contributed by atoms with van der Waals surface area (Å²) in [5.74, 6) is -0.941. The number of alkyl carbamates (subject to hydrolysis) is 1. The first-order valence-corrected chi connectivity index (χ1v) is 7.34. The van der Waals surface area contributed by atoms with Crippen LogP contribution in [0.4, 0.5) is 4.79 Å². The van der Waals surface area contributed by atoms with E-state index in [0.29, 0.717) is 5.02 Å². The van der Waals surface area contributed by atoms with E-state index in [0.717, 1.165) is 5.56 Å². The number of carboxylic acid groups (broad SMARTS) is 1. The predicted octanol–water partition coefficient (Wildman–Crippen LogP) is 3.60. The highest BCUT2D eigenvalue weighted by Crippen LogP contribution is 2.28. The van der Waals surface area contributed by atoms with Crippen LogP contribution in [0, 0.1) is 0 Å². The Kier molecular flexibility index (Phi) is 5.83. The van der Waals surface area contributed by atoms with Crippen LogP contribution >= 0.6 is 11.6 Å². The Morgan fingerprint density at radius 1 is 1.18 bits per heavy atom. The molecule has 1 rings (SSSR count). The average molecular weight is 328 g/mol. The normalized spacial score (nSPS) is 14.0. The zero-order valence-corrected chi connectivity index (χ0v) is 14.0. The minimum Gasteiger partial charge on any atom is -0.481 e. The standard InChI is InChI=1S/C16H22ClNO4/c1-15(2,3)22-14(21)18-10-16(4,9-13(19)20)11-5-7-12(17)8-6-11/h5-8H,9-10H2,1-4H3,(H,18,21)(H,19,20). The number of ether oxygens (including phenoxy) is 1. The number of halogens is 1. The van der Waals surface area contributed by atoms with Gasteiger partial charge in [0.1, 0.15) is 5.60 Å². The first-order chi connectivity index (χ1) is 10.0. The van der Waals surface area contributed by atoms with Crippen molar-refractivity contribution in [3.05, 3.63) is 34.9 Å². The summed E-state index contributed by atoms with van der Waals surface area (Å²) in [5, 5.41) is 12.4. The van der Waals surface area contributed by atoms with E-state index in [-0.39, 0.29) is 13.0 Å². The minimum atomic E-state index is -0.941. The predicted molar refractivity (Wildman–Crippen MR) is 85.3 cm³/mol. The molecule has 6 heteroatoms. The van der Waals surface area contributed by atoms with Crippen molar-refractivity contribution in [2.24, 2.45) is 0 Å². The van der Waals surface area contributed by atoms with Crippen molar-refractivity contribution in [1.29, 1.82) is 0 Å². The molecule has 0 bridgehead atoms. The van der Waals surface area contributed by atoms with Gasteiger partial charge < -0.3 is 15.2 Å². The highest BCUT2D eigenvalue weighted by Gasteiger charge is 2.31. The van der Waals surface area contributed by atoms with E-state index in [1.165, 1.54) is 0 Å². The molecular weight excluding hydrogens is 306 g/mol. The van der Waals surface area contributed by atoms with Crippen molar-refractivity contribution < 1.29 is 19.4 Å². The maximum atomic E-state index is 11.8. The third-order valence-corrected chi connectivity index (χ3v) is 3.36. The monoisotopic (exact) mass is 327 g/mol. The zero-order valence-electron chi connectivity index (χ0n) is 13.3. The second kappa shape index (κ2) is 7.01. The second-order valence-electron chi connectivity index (χ2n) is 6.49. The van der Waals surface area contributed by atoms with E-state index in [4.69, 9.17) is 21.4 Å². The lowest BCUT2D eigenvalue weighted by molar-refractivity contribution is -0.138. The van der Waals surface area contributed by atoms with Crippen LogP contribution in [0.25, 0.3) is 0 Å².